The SMILES string of the molecule is CCCCSc1nc2n(n1)C(c1ccc(OCc3ccc(Br)cc3)cc1)C(C(=O)OCCC)=C(C)N2. The molecule has 0 amide bonds. The second-order valence-electron chi connectivity index (χ2n) is 8.55. The van der Waals surface area contributed by atoms with E-state index in [1.807, 2.05) is 62.4 Å². The number of rotatable bonds is 11. The van der Waals surface area contributed by atoms with Crippen LogP contribution in [0, 0.1) is 0 Å². The van der Waals surface area contributed by atoms with Crippen molar-refractivity contribution < 1.29 is 14.3 Å². The summed E-state index contributed by atoms with van der Waals surface area (Å²) in [5.41, 5.74) is 3.25. The topological polar surface area (TPSA) is 78.3 Å². The van der Waals surface area contributed by atoms with E-state index in [-0.39, 0.29) is 5.97 Å². The van der Waals surface area contributed by atoms with Gasteiger partial charge in [-0.2, -0.15) is 4.98 Å². The monoisotopic (exact) mass is 570 g/mol. The van der Waals surface area contributed by atoms with Crippen molar-refractivity contribution in [2.45, 2.75) is 57.8 Å². The largest absolute Gasteiger partial charge is 0.489 e. The van der Waals surface area contributed by atoms with Gasteiger partial charge < -0.3 is 14.8 Å². The second-order valence-corrected chi connectivity index (χ2v) is 10.5. The molecule has 7 nitrogen and oxygen atoms in total. The molecule has 4 rings (SSSR count). The van der Waals surface area contributed by atoms with Crippen molar-refractivity contribution in [1.29, 1.82) is 0 Å². The van der Waals surface area contributed by atoms with Crippen molar-refractivity contribution in [3.63, 3.8) is 0 Å². The van der Waals surface area contributed by atoms with Gasteiger partial charge in [0, 0.05) is 15.9 Å². The van der Waals surface area contributed by atoms with E-state index in [1.54, 1.807) is 16.4 Å². The van der Waals surface area contributed by atoms with Crippen molar-refractivity contribution in [2.75, 3.05) is 17.7 Å². The van der Waals surface area contributed by atoms with Gasteiger partial charge >= 0.3 is 5.97 Å². The van der Waals surface area contributed by atoms with Crippen LogP contribution >= 0.6 is 27.7 Å². The van der Waals surface area contributed by atoms with Gasteiger partial charge in [-0.05, 0) is 55.2 Å². The first kappa shape index (κ1) is 26.3. The highest BCUT2D eigenvalue weighted by Gasteiger charge is 2.35. The van der Waals surface area contributed by atoms with Crippen LogP contribution in [0.15, 0.2) is 69.4 Å². The summed E-state index contributed by atoms with van der Waals surface area (Å²) < 4.78 is 14.4. The normalized spacial score (nSPS) is 14.8. The fourth-order valence-electron chi connectivity index (χ4n) is 3.84. The summed E-state index contributed by atoms with van der Waals surface area (Å²) in [5.74, 6) is 1.98. The standard InChI is InChI=1S/C27H31BrN4O3S/c1-4-6-16-36-27-30-26-29-18(3)23(25(33)34-15-5-2)24(32(26)31-27)20-9-13-22(14-10-20)35-17-19-7-11-21(28)12-8-19/h7-14,24H,4-6,15-17H2,1-3H3,(H,29,30,31). The zero-order valence-electron chi connectivity index (χ0n) is 20.8. The quantitative estimate of drug-likeness (QED) is 0.155. The maximum atomic E-state index is 13.1. The Morgan fingerprint density at radius 2 is 1.86 bits per heavy atom. The molecule has 190 valence electrons. The molecule has 1 aliphatic heterocycles. The third kappa shape index (κ3) is 6.31. The molecule has 1 unspecified atom stereocenters. The molecule has 9 heteroatoms. The van der Waals surface area contributed by atoms with Gasteiger partial charge in [0.2, 0.25) is 11.1 Å². The van der Waals surface area contributed by atoms with Crippen LogP contribution in [0.4, 0.5) is 5.95 Å². The fourth-order valence-corrected chi connectivity index (χ4v) is 5.02. The van der Waals surface area contributed by atoms with Crippen LogP contribution in [0.5, 0.6) is 5.75 Å². The molecule has 2 heterocycles. The molecule has 3 aromatic rings. The van der Waals surface area contributed by atoms with Crippen molar-refractivity contribution in [2.24, 2.45) is 0 Å². The van der Waals surface area contributed by atoms with Crippen LogP contribution in [0.25, 0.3) is 0 Å². The summed E-state index contributed by atoms with van der Waals surface area (Å²) >= 11 is 5.08. The maximum absolute atomic E-state index is 13.1. The van der Waals surface area contributed by atoms with Crippen molar-refractivity contribution in [1.82, 2.24) is 14.8 Å². The lowest BCUT2D eigenvalue weighted by Crippen LogP contribution is -2.29. The minimum Gasteiger partial charge on any atom is -0.489 e. The highest BCUT2D eigenvalue weighted by Crippen LogP contribution is 2.37. The first-order valence-electron chi connectivity index (χ1n) is 12.2. The van der Waals surface area contributed by atoms with Crippen molar-refractivity contribution >= 4 is 39.6 Å². The lowest BCUT2D eigenvalue weighted by Gasteiger charge is -2.28. The number of halogens is 1. The average molecular weight is 572 g/mol. The number of carbonyl (C=O) groups excluding carboxylic acids is 1. The van der Waals surface area contributed by atoms with E-state index in [2.05, 4.69) is 33.2 Å². The number of benzene rings is 2. The van der Waals surface area contributed by atoms with Crippen molar-refractivity contribution in [3.8, 4) is 5.75 Å². The molecule has 0 bridgehead atoms. The fraction of sp³-hybridized carbons (Fsp3) is 0.370. The zero-order chi connectivity index (χ0) is 25.5. The summed E-state index contributed by atoms with van der Waals surface area (Å²) in [6.45, 7) is 6.87. The summed E-state index contributed by atoms with van der Waals surface area (Å²) in [4.78, 5) is 17.8. The van der Waals surface area contributed by atoms with Crippen LogP contribution in [0.2, 0.25) is 0 Å². The minimum absolute atomic E-state index is 0.344. The van der Waals surface area contributed by atoms with Crippen LogP contribution in [0.1, 0.15) is 57.2 Å². The summed E-state index contributed by atoms with van der Waals surface area (Å²) in [6.07, 6.45) is 2.97. The summed E-state index contributed by atoms with van der Waals surface area (Å²) in [5, 5.41) is 8.72. The lowest BCUT2D eigenvalue weighted by molar-refractivity contribution is -0.139. The van der Waals surface area contributed by atoms with E-state index < -0.39 is 6.04 Å². The van der Waals surface area contributed by atoms with Crippen molar-refractivity contribution in [3.05, 3.63) is 75.4 Å². The van der Waals surface area contributed by atoms with Gasteiger partial charge in [-0.3, -0.25) is 0 Å². The maximum Gasteiger partial charge on any atom is 0.338 e. The number of hydrogen-bond donors (Lipinski definition) is 1. The Labute approximate surface area is 224 Å². The van der Waals surface area contributed by atoms with Crippen LogP contribution in [0.3, 0.4) is 0 Å². The molecule has 0 fully saturated rings. The molecule has 1 N–H and O–H groups in total. The molecule has 2 aromatic carbocycles. The number of hydrogen-bond acceptors (Lipinski definition) is 7. The number of nitrogens with zero attached hydrogens (tertiary/aromatic N) is 3. The van der Waals surface area contributed by atoms with Gasteiger partial charge in [-0.15, -0.1) is 5.10 Å². The molecular formula is C27H31BrN4O3S. The van der Waals surface area contributed by atoms with Gasteiger partial charge in [-0.25, -0.2) is 9.48 Å². The number of unbranched alkanes of at least 4 members (excludes halogenated alkanes) is 1. The number of fused-ring (bicyclic) bond motifs is 1. The van der Waals surface area contributed by atoms with Gasteiger partial charge in [0.05, 0.1) is 12.2 Å². The number of thioether (sulfide) groups is 1. The van der Waals surface area contributed by atoms with Gasteiger partial charge in [-0.1, -0.05) is 72.2 Å². The van der Waals surface area contributed by atoms with Gasteiger partial charge in [0.1, 0.15) is 18.4 Å². The predicted octanol–water partition coefficient (Wildman–Crippen LogP) is 6.75. The molecule has 0 radical (unpaired) electrons. The Balaban J connectivity index is 1.60. The number of anilines is 1. The first-order valence-corrected chi connectivity index (χ1v) is 14.0. The molecule has 1 aromatic heterocycles. The van der Waals surface area contributed by atoms with E-state index >= 15 is 0 Å². The Hall–Kier alpha value is -2.78. The average Bonchev–Trinajstić information content (AvgIpc) is 3.28. The Bertz CT molecular complexity index is 1210. The number of carbonyl (C=O) groups is 1. The minimum atomic E-state index is -0.445. The smallest absolute Gasteiger partial charge is 0.338 e. The van der Waals surface area contributed by atoms with E-state index in [0.717, 1.165) is 52.1 Å². The van der Waals surface area contributed by atoms with E-state index in [4.69, 9.17) is 14.6 Å². The predicted molar refractivity (Wildman–Crippen MR) is 146 cm³/mol. The third-order valence-corrected chi connectivity index (χ3v) is 7.19. The highest BCUT2D eigenvalue weighted by molar-refractivity contribution is 9.10. The van der Waals surface area contributed by atoms with Gasteiger partial charge in [0.15, 0.2) is 0 Å². The van der Waals surface area contributed by atoms with Crippen LogP contribution < -0.4 is 10.1 Å². The number of ether oxygens (including phenoxy) is 2. The Morgan fingerprint density at radius 1 is 1.11 bits per heavy atom. The molecule has 0 saturated heterocycles. The number of esters is 1. The highest BCUT2D eigenvalue weighted by atomic mass is 79.9. The zero-order valence-corrected chi connectivity index (χ0v) is 23.2. The van der Waals surface area contributed by atoms with Crippen LogP contribution in [-0.2, 0) is 16.1 Å². The molecule has 0 aliphatic carbocycles. The Morgan fingerprint density at radius 3 is 2.56 bits per heavy atom. The third-order valence-electron chi connectivity index (χ3n) is 5.73. The van der Waals surface area contributed by atoms with Gasteiger partial charge in [0.25, 0.3) is 0 Å². The molecular weight excluding hydrogens is 540 g/mol. The van der Waals surface area contributed by atoms with E-state index in [1.165, 1.54) is 0 Å². The Kier molecular flexibility index (Phi) is 9.09. The number of nitrogens with one attached hydrogen (secondary N) is 1. The molecule has 1 aliphatic rings. The molecule has 1 atom stereocenters. The molecule has 36 heavy (non-hydrogen) atoms. The van der Waals surface area contributed by atoms with E-state index in [9.17, 15) is 4.79 Å². The summed E-state index contributed by atoms with van der Waals surface area (Å²) in [7, 11) is 0. The lowest BCUT2D eigenvalue weighted by atomic mass is 9.96. The number of allylic oxidation sites excluding steroid dienone is 1. The molecule has 0 saturated carbocycles. The van der Waals surface area contributed by atoms with E-state index in [0.29, 0.717) is 29.9 Å². The first-order chi connectivity index (χ1) is 17.5. The second kappa shape index (κ2) is 12.5. The van der Waals surface area contributed by atoms with Crippen LogP contribution in [-0.4, -0.2) is 33.1 Å². The number of aromatic nitrogens is 3. The molecule has 0 spiro atoms. The summed E-state index contributed by atoms with van der Waals surface area (Å²) in [6, 6.07) is 15.4.